The number of benzene rings is 1. The fourth-order valence-corrected chi connectivity index (χ4v) is 1.41. The number of carbonyl (C=O) groups is 2. The van der Waals surface area contributed by atoms with E-state index >= 15 is 0 Å². The largest absolute Gasteiger partial charge is 0.343 e. The maximum Gasteiger partial charge on any atom is 0.262 e. The predicted molar refractivity (Wildman–Crippen MR) is 72.7 cm³/mol. The number of hydroxylamine groups is 1. The average Bonchev–Trinajstić information content (AvgIpc) is 2.35. The van der Waals surface area contributed by atoms with Gasteiger partial charge >= 0.3 is 0 Å². The van der Waals surface area contributed by atoms with Gasteiger partial charge in [0.1, 0.15) is 0 Å². The average molecular weight is 285 g/mol. The zero-order valence-electron chi connectivity index (χ0n) is 10.9. The lowest BCUT2D eigenvalue weighted by Crippen LogP contribution is -2.37. The summed E-state index contributed by atoms with van der Waals surface area (Å²) in [6, 6.07) is 6.49. The van der Waals surface area contributed by atoms with Gasteiger partial charge in [0.05, 0.1) is 13.2 Å². The first-order valence-corrected chi connectivity index (χ1v) is 6.31. The Balaban J connectivity index is 2.32. The van der Waals surface area contributed by atoms with Gasteiger partial charge in [-0.05, 0) is 24.1 Å². The van der Waals surface area contributed by atoms with Crippen molar-refractivity contribution in [2.24, 2.45) is 5.92 Å². The van der Waals surface area contributed by atoms with E-state index in [-0.39, 0.29) is 12.5 Å². The molecule has 2 N–H and O–H groups in total. The number of amides is 2. The van der Waals surface area contributed by atoms with Gasteiger partial charge in [0.25, 0.3) is 11.8 Å². The molecule has 0 unspecified atom stereocenters. The van der Waals surface area contributed by atoms with Crippen molar-refractivity contribution in [3.63, 3.8) is 0 Å². The minimum Gasteiger partial charge on any atom is -0.343 e. The van der Waals surface area contributed by atoms with E-state index in [9.17, 15) is 9.59 Å². The van der Waals surface area contributed by atoms with Crippen LogP contribution < -0.4 is 10.8 Å². The molecule has 0 spiro atoms. The summed E-state index contributed by atoms with van der Waals surface area (Å²) >= 11 is 5.77. The first-order valence-electron chi connectivity index (χ1n) is 5.93. The Morgan fingerprint density at radius 3 is 2.74 bits per heavy atom. The molecule has 2 amide bonds. The summed E-state index contributed by atoms with van der Waals surface area (Å²) in [4.78, 5) is 28.0. The van der Waals surface area contributed by atoms with Gasteiger partial charge < -0.3 is 5.32 Å². The van der Waals surface area contributed by atoms with Crippen molar-refractivity contribution in [2.75, 3.05) is 13.2 Å². The van der Waals surface area contributed by atoms with Gasteiger partial charge in [0.2, 0.25) is 0 Å². The molecule has 0 aliphatic rings. The summed E-state index contributed by atoms with van der Waals surface area (Å²) in [7, 11) is 0. The summed E-state index contributed by atoms with van der Waals surface area (Å²) in [6.45, 7) is 4.21. The highest BCUT2D eigenvalue weighted by Gasteiger charge is 2.08. The second kappa shape index (κ2) is 7.76. The topological polar surface area (TPSA) is 67.4 Å². The molecule has 0 bridgehead atoms. The number of hydrogen-bond donors (Lipinski definition) is 2. The Kier molecular flexibility index (Phi) is 6.32. The van der Waals surface area contributed by atoms with Crippen LogP contribution in [0.3, 0.4) is 0 Å². The molecule has 0 atom stereocenters. The van der Waals surface area contributed by atoms with E-state index in [1.54, 1.807) is 18.2 Å². The summed E-state index contributed by atoms with van der Waals surface area (Å²) in [5, 5.41) is 2.94. The van der Waals surface area contributed by atoms with E-state index < -0.39 is 5.91 Å². The van der Waals surface area contributed by atoms with Crippen LogP contribution in [0, 0.1) is 5.92 Å². The Hall–Kier alpha value is -1.59. The van der Waals surface area contributed by atoms with Crippen molar-refractivity contribution in [2.45, 2.75) is 13.8 Å². The molecule has 0 aromatic heterocycles. The normalized spacial score (nSPS) is 10.3. The Bertz CT molecular complexity index is 449. The van der Waals surface area contributed by atoms with Crippen LogP contribution in [0.5, 0.6) is 0 Å². The molecule has 1 rings (SSSR count). The summed E-state index contributed by atoms with van der Waals surface area (Å²) in [5.74, 6) is -0.445. The fraction of sp³-hybridized carbons (Fsp3) is 0.385. The van der Waals surface area contributed by atoms with Gasteiger partial charge in [-0.1, -0.05) is 31.5 Å². The van der Waals surface area contributed by atoms with Crippen molar-refractivity contribution in [3.05, 3.63) is 34.9 Å². The van der Waals surface area contributed by atoms with E-state index in [1.807, 2.05) is 13.8 Å². The highest BCUT2D eigenvalue weighted by Crippen LogP contribution is 2.10. The number of carbonyl (C=O) groups excluding carboxylic acids is 2. The van der Waals surface area contributed by atoms with Crippen LogP contribution in [-0.2, 0) is 9.63 Å². The van der Waals surface area contributed by atoms with Crippen LogP contribution in [0.15, 0.2) is 24.3 Å². The highest BCUT2D eigenvalue weighted by molar-refractivity contribution is 6.30. The molecule has 1 aromatic carbocycles. The van der Waals surface area contributed by atoms with Gasteiger partial charge in [-0.25, -0.2) is 5.48 Å². The van der Waals surface area contributed by atoms with Crippen molar-refractivity contribution in [3.8, 4) is 0 Å². The minimum atomic E-state index is -0.406. The maximum atomic E-state index is 11.7. The van der Waals surface area contributed by atoms with Crippen LogP contribution in [-0.4, -0.2) is 25.0 Å². The molecule has 1 aromatic rings. The number of rotatable bonds is 6. The van der Waals surface area contributed by atoms with E-state index in [1.165, 1.54) is 6.07 Å². The molecule has 104 valence electrons. The van der Waals surface area contributed by atoms with Crippen molar-refractivity contribution < 1.29 is 14.4 Å². The standard InChI is InChI=1S/C13H17ClN2O3/c1-9(2)8-19-16-12(17)7-15-13(18)10-4-3-5-11(14)6-10/h3-6,9H,7-8H2,1-2H3,(H,15,18)(H,16,17). The van der Waals surface area contributed by atoms with Crippen LogP contribution in [0.2, 0.25) is 5.02 Å². The van der Waals surface area contributed by atoms with E-state index in [2.05, 4.69) is 10.8 Å². The Labute approximate surface area is 117 Å². The van der Waals surface area contributed by atoms with E-state index in [0.29, 0.717) is 23.1 Å². The first kappa shape index (κ1) is 15.5. The molecule has 0 saturated carbocycles. The molecule has 0 heterocycles. The summed E-state index contributed by atoms with van der Waals surface area (Å²) in [5.41, 5.74) is 2.66. The third-order valence-corrected chi connectivity index (χ3v) is 2.33. The van der Waals surface area contributed by atoms with Crippen molar-refractivity contribution in [1.29, 1.82) is 0 Å². The molecule has 5 nitrogen and oxygen atoms in total. The van der Waals surface area contributed by atoms with Crippen molar-refractivity contribution in [1.82, 2.24) is 10.8 Å². The van der Waals surface area contributed by atoms with E-state index in [0.717, 1.165) is 0 Å². The third-order valence-electron chi connectivity index (χ3n) is 2.10. The second-order valence-corrected chi connectivity index (χ2v) is 4.86. The molecule has 0 fully saturated rings. The molecule has 0 radical (unpaired) electrons. The monoisotopic (exact) mass is 284 g/mol. The summed E-state index contributed by atoms with van der Waals surface area (Å²) in [6.07, 6.45) is 0. The molecule has 0 aliphatic heterocycles. The number of hydrogen-bond acceptors (Lipinski definition) is 3. The Morgan fingerprint density at radius 1 is 1.37 bits per heavy atom. The molecular formula is C13H17ClN2O3. The first-order chi connectivity index (χ1) is 8.99. The Morgan fingerprint density at radius 2 is 2.11 bits per heavy atom. The van der Waals surface area contributed by atoms with Crippen molar-refractivity contribution >= 4 is 23.4 Å². The molecule has 19 heavy (non-hydrogen) atoms. The minimum absolute atomic E-state index is 0.149. The molecule has 6 heteroatoms. The van der Waals surface area contributed by atoms with Crippen LogP contribution in [0.1, 0.15) is 24.2 Å². The third kappa shape index (κ3) is 6.22. The molecule has 0 saturated heterocycles. The zero-order chi connectivity index (χ0) is 14.3. The smallest absolute Gasteiger partial charge is 0.262 e. The predicted octanol–water partition coefficient (Wildman–Crippen LogP) is 1.77. The SMILES string of the molecule is CC(C)CONC(=O)CNC(=O)c1cccc(Cl)c1. The lowest BCUT2D eigenvalue weighted by molar-refractivity contribution is -0.133. The number of halogens is 1. The maximum absolute atomic E-state index is 11.7. The van der Waals surface area contributed by atoms with Gasteiger partial charge in [-0.15, -0.1) is 0 Å². The van der Waals surface area contributed by atoms with Gasteiger partial charge in [-0.2, -0.15) is 0 Å². The van der Waals surface area contributed by atoms with E-state index in [4.69, 9.17) is 16.4 Å². The number of nitrogens with one attached hydrogen (secondary N) is 2. The van der Waals surface area contributed by atoms with Crippen LogP contribution in [0.25, 0.3) is 0 Å². The summed E-state index contributed by atoms with van der Waals surface area (Å²) < 4.78 is 0. The second-order valence-electron chi connectivity index (χ2n) is 4.42. The van der Waals surface area contributed by atoms with Gasteiger partial charge in [0, 0.05) is 10.6 Å². The highest BCUT2D eigenvalue weighted by atomic mass is 35.5. The lowest BCUT2D eigenvalue weighted by Gasteiger charge is -2.08. The quantitative estimate of drug-likeness (QED) is 0.783. The lowest BCUT2D eigenvalue weighted by atomic mass is 10.2. The molecule has 0 aliphatic carbocycles. The van der Waals surface area contributed by atoms with Gasteiger partial charge in [0.15, 0.2) is 0 Å². The van der Waals surface area contributed by atoms with Crippen LogP contribution >= 0.6 is 11.6 Å². The fourth-order valence-electron chi connectivity index (χ4n) is 1.22. The zero-order valence-corrected chi connectivity index (χ0v) is 11.7. The van der Waals surface area contributed by atoms with Gasteiger partial charge in [-0.3, -0.25) is 14.4 Å². The molecular weight excluding hydrogens is 268 g/mol. The van der Waals surface area contributed by atoms with Crippen LogP contribution in [0.4, 0.5) is 0 Å².